The molecule has 1 atom stereocenters. The van der Waals surface area contributed by atoms with Crippen molar-refractivity contribution >= 4 is 0 Å². The highest BCUT2D eigenvalue weighted by Crippen LogP contribution is 2.27. The average Bonchev–Trinajstić information content (AvgIpc) is 2.05. The Labute approximate surface area is 95.2 Å². The molecule has 0 saturated heterocycles. The lowest BCUT2D eigenvalue weighted by molar-refractivity contribution is 0.189. The Bertz CT molecular complexity index is 179. The molecule has 1 fully saturated rings. The molecule has 0 aromatic carbocycles. The average molecular weight is 212 g/mol. The van der Waals surface area contributed by atoms with E-state index in [0.29, 0.717) is 6.04 Å². The normalized spacial score (nSPS) is 20.4. The molecule has 2 heteroatoms. The molecule has 2 nitrogen and oxygen atoms in total. The van der Waals surface area contributed by atoms with Gasteiger partial charge in [0.1, 0.15) is 0 Å². The van der Waals surface area contributed by atoms with Gasteiger partial charge in [-0.05, 0) is 44.2 Å². The summed E-state index contributed by atoms with van der Waals surface area (Å²) in [5.41, 5.74) is 6.40. The van der Waals surface area contributed by atoms with E-state index in [0.717, 1.165) is 18.9 Å². The molecule has 0 aromatic heterocycles. The quantitative estimate of drug-likeness (QED) is 0.758. The third kappa shape index (κ3) is 4.52. The summed E-state index contributed by atoms with van der Waals surface area (Å²) < 4.78 is 0. The number of nitrogens with two attached hydrogens (primary N) is 1. The molecule has 15 heavy (non-hydrogen) atoms. The van der Waals surface area contributed by atoms with E-state index in [1.807, 2.05) is 0 Å². The predicted molar refractivity (Wildman–Crippen MR) is 66.9 cm³/mol. The van der Waals surface area contributed by atoms with E-state index in [2.05, 4.69) is 32.7 Å². The fourth-order valence-corrected chi connectivity index (χ4v) is 2.00. The highest BCUT2D eigenvalue weighted by molar-refractivity contribution is 4.79. The van der Waals surface area contributed by atoms with Crippen molar-refractivity contribution in [2.45, 2.75) is 52.5 Å². The van der Waals surface area contributed by atoms with Crippen molar-refractivity contribution in [3.8, 4) is 0 Å². The largest absolute Gasteiger partial charge is 0.327 e. The number of rotatable bonds is 5. The Kier molecular flexibility index (Phi) is 4.60. The van der Waals surface area contributed by atoms with E-state index < -0.39 is 0 Å². The van der Waals surface area contributed by atoms with Crippen LogP contribution in [0.5, 0.6) is 0 Å². The maximum absolute atomic E-state index is 6.15. The van der Waals surface area contributed by atoms with Gasteiger partial charge in [0, 0.05) is 12.6 Å². The van der Waals surface area contributed by atoms with Crippen LogP contribution in [-0.4, -0.2) is 31.1 Å². The molecule has 0 heterocycles. The molecule has 0 spiro atoms. The SMILES string of the molecule is CN(CCC(N)C(C)(C)C)CC1CCC1. The summed E-state index contributed by atoms with van der Waals surface area (Å²) in [6.45, 7) is 9.10. The van der Waals surface area contributed by atoms with E-state index in [1.165, 1.54) is 25.8 Å². The minimum absolute atomic E-state index is 0.247. The van der Waals surface area contributed by atoms with Crippen molar-refractivity contribution in [1.82, 2.24) is 4.90 Å². The van der Waals surface area contributed by atoms with E-state index in [4.69, 9.17) is 5.73 Å². The number of hydrogen-bond acceptors (Lipinski definition) is 2. The van der Waals surface area contributed by atoms with Crippen LogP contribution < -0.4 is 5.73 Å². The van der Waals surface area contributed by atoms with Gasteiger partial charge in [-0.15, -0.1) is 0 Å². The molecular weight excluding hydrogens is 184 g/mol. The van der Waals surface area contributed by atoms with Gasteiger partial charge in [-0.25, -0.2) is 0 Å². The van der Waals surface area contributed by atoms with Crippen LogP contribution in [0.15, 0.2) is 0 Å². The second kappa shape index (κ2) is 5.31. The molecule has 0 bridgehead atoms. The summed E-state index contributed by atoms with van der Waals surface area (Å²) in [6, 6.07) is 0.321. The summed E-state index contributed by atoms with van der Waals surface area (Å²) in [7, 11) is 2.23. The van der Waals surface area contributed by atoms with E-state index >= 15 is 0 Å². The molecular formula is C13H28N2. The van der Waals surface area contributed by atoms with Gasteiger partial charge in [0.05, 0.1) is 0 Å². The van der Waals surface area contributed by atoms with Crippen LogP contribution in [0.25, 0.3) is 0 Å². The summed E-state index contributed by atoms with van der Waals surface area (Å²) in [4.78, 5) is 2.45. The zero-order chi connectivity index (χ0) is 11.5. The van der Waals surface area contributed by atoms with E-state index in [-0.39, 0.29) is 5.41 Å². The Balaban J connectivity index is 2.12. The number of hydrogen-bond donors (Lipinski definition) is 1. The van der Waals surface area contributed by atoms with Crippen molar-refractivity contribution in [3.63, 3.8) is 0 Å². The zero-order valence-corrected chi connectivity index (χ0v) is 10.9. The first-order valence-electron chi connectivity index (χ1n) is 6.33. The molecule has 1 rings (SSSR count). The van der Waals surface area contributed by atoms with Crippen molar-refractivity contribution in [2.75, 3.05) is 20.1 Å². The molecule has 0 aromatic rings. The molecule has 2 N–H and O–H groups in total. The van der Waals surface area contributed by atoms with Crippen molar-refractivity contribution in [1.29, 1.82) is 0 Å². The van der Waals surface area contributed by atoms with Gasteiger partial charge in [-0.3, -0.25) is 0 Å². The highest BCUT2D eigenvalue weighted by Gasteiger charge is 2.22. The first-order chi connectivity index (χ1) is 6.89. The first kappa shape index (κ1) is 13.0. The summed E-state index contributed by atoms with van der Waals surface area (Å²) in [6.07, 6.45) is 5.44. The maximum Gasteiger partial charge on any atom is 0.00998 e. The van der Waals surface area contributed by atoms with Crippen LogP contribution in [0.4, 0.5) is 0 Å². The lowest BCUT2D eigenvalue weighted by Gasteiger charge is -2.32. The van der Waals surface area contributed by atoms with Gasteiger partial charge in [-0.1, -0.05) is 27.2 Å². The lowest BCUT2D eigenvalue weighted by Crippen LogP contribution is -2.39. The second-order valence-corrected chi connectivity index (χ2v) is 6.32. The summed E-state index contributed by atoms with van der Waals surface area (Å²) in [5, 5.41) is 0. The van der Waals surface area contributed by atoms with Crippen molar-refractivity contribution in [3.05, 3.63) is 0 Å². The molecule has 0 aliphatic heterocycles. The molecule has 1 saturated carbocycles. The standard InChI is InChI=1S/C13H28N2/c1-13(2,3)12(14)8-9-15(4)10-11-6-5-7-11/h11-12H,5-10,14H2,1-4H3. The van der Waals surface area contributed by atoms with Crippen LogP contribution in [0.2, 0.25) is 0 Å². The maximum atomic E-state index is 6.15. The van der Waals surface area contributed by atoms with Gasteiger partial charge in [0.25, 0.3) is 0 Å². The molecule has 0 amide bonds. The van der Waals surface area contributed by atoms with Crippen LogP contribution in [0.3, 0.4) is 0 Å². The van der Waals surface area contributed by atoms with Gasteiger partial charge in [0.15, 0.2) is 0 Å². The number of nitrogens with zero attached hydrogens (tertiary/aromatic N) is 1. The van der Waals surface area contributed by atoms with Crippen LogP contribution in [-0.2, 0) is 0 Å². The molecule has 1 unspecified atom stereocenters. The lowest BCUT2D eigenvalue weighted by atomic mass is 9.84. The van der Waals surface area contributed by atoms with Crippen LogP contribution in [0, 0.1) is 11.3 Å². The smallest absolute Gasteiger partial charge is 0.00998 e. The Hall–Kier alpha value is -0.0800. The van der Waals surface area contributed by atoms with Gasteiger partial charge in [0.2, 0.25) is 0 Å². The Morgan fingerprint density at radius 1 is 1.33 bits per heavy atom. The molecule has 1 aliphatic carbocycles. The minimum atomic E-state index is 0.247. The topological polar surface area (TPSA) is 29.3 Å². The third-order valence-corrected chi connectivity index (χ3v) is 3.73. The fraction of sp³-hybridized carbons (Fsp3) is 1.00. The molecule has 0 radical (unpaired) electrons. The second-order valence-electron chi connectivity index (χ2n) is 6.32. The van der Waals surface area contributed by atoms with Crippen molar-refractivity contribution < 1.29 is 0 Å². The van der Waals surface area contributed by atoms with Crippen LogP contribution in [0.1, 0.15) is 46.5 Å². The third-order valence-electron chi connectivity index (χ3n) is 3.73. The van der Waals surface area contributed by atoms with Gasteiger partial charge in [-0.2, -0.15) is 0 Å². The minimum Gasteiger partial charge on any atom is -0.327 e. The van der Waals surface area contributed by atoms with Gasteiger partial charge < -0.3 is 10.6 Å². The highest BCUT2D eigenvalue weighted by atomic mass is 15.1. The Morgan fingerprint density at radius 3 is 2.33 bits per heavy atom. The monoisotopic (exact) mass is 212 g/mol. The first-order valence-corrected chi connectivity index (χ1v) is 6.33. The van der Waals surface area contributed by atoms with E-state index in [1.54, 1.807) is 0 Å². The van der Waals surface area contributed by atoms with Crippen molar-refractivity contribution in [2.24, 2.45) is 17.1 Å². The molecule has 1 aliphatic rings. The summed E-state index contributed by atoms with van der Waals surface area (Å²) in [5.74, 6) is 0.973. The van der Waals surface area contributed by atoms with E-state index in [9.17, 15) is 0 Å². The fourth-order valence-electron chi connectivity index (χ4n) is 2.00. The zero-order valence-electron chi connectivity index (χ0n) is 10.9. The van der Waals surface area contributed by atoms with Crippen LogP contribution >= 0.6 is 0 Å². The molecule has 90 valence electrons. The predicted octanol–water partition coefficient (Wildman–Crippen LogP) is 2.48. The summed E-state index contributed by atoms with van der Waals surface area (Å²) >= 11 is 0. The van der Waals surface area contributed by atoms with Gasteiger partial charge >= 0.3 is 0 Å². The Morgan fingerprint density at radius 2 is 1.93 bits per heavy atom.